The number of benzene rings is 1. The molecule has 1 aliphatic rings. The maximum absolute atomic E-state index is 5.86. The van der Waals surface area contributed by atoms with E-state index in [0.717, 1.165) is 6.04 Å². The highest BCUT2D eigenvalue weighted by Crippen LogP contribution is 2.27. The average Bonchev–Trinajstić information content (AvgIpc) is 2.77. The summed E-state index contributed by atoms with van der Waals surface area (Å²) >= 11 is 0. The molecule has 0 bridgehead atoms. The van der Waals surface area contributed by atoms with E-state index in [4.69, 9.17) is 5.73 Å². The SMILES string of the molecule is CCC1CCCN1c1ccc([C@H](C)N)cc1. The van der Waals surface area contributed by atoms with Crippen molar-refractivity contribution >= 4 is 5.69 Å². The Kier molecular flexibility index (Phi) is 3.49. The first-order valence-corrected chi connectivity index (χ1v) is 6.34. The lowest BCUT2D eigenvalue weighted by atomic mass is 10.1. The number of anilines is 1. The second kappa shape index (κ2) is 4.88. The minimum absolute atomic E-state index is 0.134. The molecule has 0 spiro atoms. The van der Waals surface area contributed by atoms with Gasteiger partial charge in [0.15, 0.2) is 0 Å². The Balaban J connectivity index is 2.15. The zero-order chi connectivity index (χ0) is 11.5. The van der Waals surface area contributed by atoms with Gasteiger partial charge in [-0.15, -0.1) is 0 Å². The average molecular weight is 218 g/mol. The van der Waals surface area contributed by atoms with Crippen molar-refractivity contribution in [1.82, 2.24) is 0 Å². The van der Waals surface area contributed by atoms with Crippen LogP contribution < -0.4 is 10.6 Å². The van der Waals surface area contributed by atoms with E-state index in [1.807, 2.05) is 6.92 Å². The predicted octanol–water partition coefficient (Wildman–Crippen LogP) is 3.09. The van der Waals surface area contributed by atoms with E-state index in [0.29, 0.717) is 0 Å². The van der Waals surface area contributed by atoms with E-state index < -0.39 is 0 Å². The van der Waals surface area contributed by atoms with Gasteiger partial charge in [0.2, 0.25) is 0 Å². The summed E-state index contributed by atoms with van der Waals surface area (Å²) in [5, 5.41) is 0. The van der Waals surface area contributed by atoms with Crippen molar-refractivity contribution in [2.24, 2.45) is 5.73 Å². The fraction of sp³-hybridized carbons (Fsp3) is 0.571. The van der Waals surface area contributed by atoms with Crippen molar-refractivity contribution in [3.05, 3.63) is 29.8 Å². The van der Waals surface area contributed by atoms with E-state index in [9.17, 15) is 0 Å². The van der Waals surface area contributed by atoms with Crippen molar-refractivity contribution in [2.75, 3.05) is 11.4 Å². The van der Waals surface area contributed by atoms with Gasteiger partial charge in [-0.25, -0.2) is 0 Å². The Morgan fingerprint density at radius 1 is 1.38 bits per heavy atom. The molecule has 1 aromatic rings. The molecule has 1 fully saturated rings. The monoisotopic (exact) mass is 218 g/mol. The number of hydrogen-bond acceptors (Lipinski definition) is 2. The van der Waals surface area contributed by atoms with Gasteiger partial charge in [0.1, 0.15) is 0 Å². The molecule has 0 radical (unpaired) electrons. The fourth-order valence-electron chi connectivity index (χ4n) is 2.57. The van der Waals surface area contributed by atoms with Crippen molar-refractivity contribution < 1.29 is 0 Å². The molecule has 1 heterocycles. The molecule has 16 heavy (non-hydrogen) atoms. The highest BCUT2D eigenvalue weighted by molar-refractivity contribution is 5.49. The number of nitrogens with two attached hydrogens (primary N) is 1. The van der Waals surface area contributed by atoms with Crippen molar-refractivity contribution in [3.63, 3.8) is 0 Å². The van der Waals surface area contributed by atoms with Crippen LogP contribution in [0.1, 0.15) is 44.7 Å². The largest absolute Gasteiger partial charge is 0.369 e. The molecule has 2 rings (SSSR count). The Hall–Kier alpha value is -1.02. The van der Waals surface area contributed by atoms with Crippen LogP contribution in [0.25, 0.3) is 0 Å². The Labute approximate surface area is 98.4 Å². The molecule has 1 unspecified atom stereocenters. The quantitative estimate of drug-likeness (QED) is 0.844. The Bertz CT molecular complexity index is 329. The molecular weight excluding hydrogens is 196 g/mol. The molecule has 2 atom stereocenters. The Morgan fingerprint density at radius 2 is 2.06 bits per heavy atom. The first-order valence-electron chi connectivity index (χ1n) is 6.34. The van der Waals surface area contributed by atoms with Gasteiger partial charge in [0.25, 0.3) is 0 Å². The molecular formula is C14H22N2. The van der Waals surface area contributed by atoms with Crippen LogP contribution in [0.5, 0.6) is 0 Å². The second-order valence-electron chi connectivity index (χ2n) is 4.78. The molecule has 1 saturated heterocycles. The third-order valence-corrected chi connectivity index (χ3v) is 3.60. The summed E-state index contributed by atoms with van der Waals surface area (Å²) in [6, 6.07) is 9.62. The molecule has 2 nitrogen and oxygen atoms in total. The predicted molar refractivity (Wildman–Crippen MR) is 69.7 cm³/mol. The van der Waals surface area contributed by atoms with Crippen LogP contribution in [0.3, 0.4) is 0 Å². The van der Waals surface area contributed by atoms with Gasteiger partial charge < -0.3 is 10.6 Å². The maximum Gasteiger partial charge on any atom is 0.0368 e. The van der Waals surface area contributed by atoms with Crippen LogP contribution in [0.2, 0.25) is 0 Å². The van der Waals surface area contributed by atoms with Crippen molar-refractivity contribution in [3.8, 4) is 0 Å². The summed E-state index contributed by atoms with van der Waals surface area (Å²) in [6.07, 6.45) is 3.91. The molecule has 2 N–H and O–H groups in total. The standard InChI is InChI=1S/C14H22N2/c1-3-13-5-4-10-16(13)14-8-6-12(7-9-14)11(2)15/h6-9,11,13H,3-5,10,15H2,1-2H3/t11-,13?/m0/s1. The smallest absolute Gasteiger partial charge is 0.0368 e. The number of hydrogen-bond donors (Lipinski definition) is 1. The van der Waals surface area contributed by atoms with E-state index in [1.165, 1.54) is 37.1 Å². The van der Waals surface area contributed by atoms with Crippen LogP contribution in [-0.2, 0) is 0 Å². The van der Waals surface area contributed by atoms with Crippen LogP contribution in [0, 0.1) is 0 Å². The zero-order valence-corrected chi connectivity index (χ0v) is 10.3. The first kappa shape index (κ1) is 11.5. The lowest BCUT2D eigenvalue weighted by Gasteiger charge is -2.26. The minimum Gasteiger partial charge on any atom is -0.369 e. The summed E-state index contributed by atoms with van der Waals surface area (Å²) in [5.41, 5.74) is 8.43. The third kappa shape index (κ3) is 2.22. The summed E-state index contributed by atoms with van der Waals surface area (Å²) in [4.78, 5) is 2.53. The Morgan fingerprint density at radius 3 is 2.62 bits per heavy atom. The maximum atomic E-state index is 5.86. The molecule has 0 amide bonds. The van der Waals surface area contributed by atoms with Crippen molar-refractivity contribution in [2.45, 2.75) is 45.2 Å². The van der Waals surface area contributed by atoms with Crippen LogP contribution >= 0.6 is 0 Å². The van der Waals surface area contributed by atoms with Gasteiger partial charge in [0, 0.05) is 24.3 Å². The van der Waals surface area contributed by atoms with Gasteiger partial charge in [0.05, 0.1) is 0 Å². The van der Waals surface area contributed by atoms with Crippen LogP contribution in [0.15, 0.2) is 24.3 Å². The van der Waals surface area contributed by atoms with Gasteiger partial charge >= 0.3 is 0 Å². The van der Waals surface area contributed by atoms with Gasteiger partial charge in [-0.2, -0.15) is 0 Å². The lowest BCUT2D eigenvalue weighted by molar-refractivity contribution is 0.645. The van der Waals surface area contributed by atoms with Gasteiger partial charge in [-0.05, 0) is 43.9 Å². The molecule has 0 aromatic heterocycles. The molecule has 0 saturated carbocycles. The highest BCUT2D eigenvalue weighted by Gasteiger charge is 2.22. The van der Waals surface area contributed by atoms with E-state index in [1.54, 1.807) is 0 Å². The number of rotatable bonds is 3. The first-order chi connectivity index (χ1) is 7.72. The molecule has 1 aliphatic heterocycles. The summed E-state index contributed by atoms with van der Waals surface area (Å²) in [5.74, 6) is 0. The van der Waals surface area contributed by atoms with Gasteiger partial charge in [-0.1, -0.05) is 19.1 Å². The topological polar surface area (TPSA) is 29.3 Å². The van der Waals surface area contributed by atoms with E-state index in [2.05, 4.69) is 36.1 Å². The second-order valence-corrected chi connectivity index (χ2v) is 4.78. The summed E-state index contributed by atoms with van der Waals surface area (Å²) in [6.45, 7) is 5.51. The van der Waals surface area contributed by atoms with Gasteiger partial charge in [-0.3, -0.25) is 0 Å². The molecule has 1 aromatic carbocycles. The van der Waals surface area contributed by atoms with E-state index >= 15 is 0 Å². The normalized spacial score (nSPS) is 22.4. The summed E-state index contributed by atoms with van der Waals surface area (Å²) in [7, 11) is 0. The number of nitrogens with zero attached hydrogens (tertiary/aromatic N) is 1. The molecule has 0 aliphatic carbocycles. The highest BCUT2D eigenvalue weighted by atomic mass is 15.2. The van der Waals surface area contributed by atoms with Crippen LogP contribution in [-0.4, -0.2) is 12.6 Å². The molecule has 88 valence electrons. The van der Waals surface area contributed by atoms with Crippen LogP contribution in [0.4, 0.5) is 5.69 Å². The summed E-state index contributed by atoms with van der Waals surface area (Å²) < 4.78 is 0. The molecule has 2 heteroatoms. The fourth-order valence-corrected chi connectivity index (χ4v) is 2.57. The third-order valence-electron chi connectivity index (χ3n) is 3.60. The van der Waals surface area contributed by atoms with E-state index in [-0.39, 0.29) is 6.04 Å². The zero-order valence-electron chi connectivity index (χ0n) is 10.3. The van der Waals surface area contributed by atoms with Crippen molar-refractivity contribution in [1.29, 1.82) is 0 Å². The minimum atomic E-state index is 0.134. The lowest BCUT2D eigenvalue weighted by Crippen LogP contribution is -2.28.